The molecule has 3 aromatic rings. The maximum absolute atomic E-state index is 14.1. The largest absolute Gasteiger partial charge is 0.457 e. The second kappa shape index (κ2) is 9.08. The van der Waals surface area contributed by atoms with E-state index in [1.54, 1.807) is 24.3 Å². The number of H-pyrrole nitrogens is 1. The molecular formula is C21H18FN3O5. The lowest BCUT2D eigenvalue weighted by Crippen LogP contribution is -2.17. The van der Waals surface area contributed by atoms with Crippen LogP contribution >= 0.6 is 0 Å². The predicted molar refractivity (Wildman–Crippen MR) is 107 cm³/mol. The van der Waals surface area contributed by atoms with Crippen molar-refractivity contribution in [2.75, 3.05) is 11.9 Å². The number of ether oxygens (including phenoxy) is 1. The maximum Gasteiger partial charge on any atom is 0.306 e. The number of carbonyl (C=O) groups excluding carboxylic acids is 3. The van der Waals surface area contributed by atoms with Crippen molar-refractivity contribution >= 4 is 34.3 Å². The average molecular weight is 411 g/mol. The van der Waals surface area contributed by atoms with Crippen LogP contribution < -0.4 is 10.9 Å². The third kappa shape index (κ3) is 5.13. The molecule has 0 fully saturated rings. The van der Waals surface area contributed by atoms with Gasteiger partial charge in [-0.05, 0) is 30.3 Å². The lowest BCUT2D eigenvalue weighted by atomic mass is 10.1. The average Bonchev–Trinajstić information content (AvgIpc) is 2.70. The van der Waals surface area contributed by atoms with Crippen molar-refractivity contribution in [2.45, 2.75) is 19.8 Å². The normalized spacial score (nSPS) is 10.6. The molecule has 9 heteroatoms. The molecule has 0 saturated heterocycles. The number of carbonyl (C=O) groups is 3. The van der Waals surface area contributed by atoms with Gasteiger partial charge in [0.25, 0.3) is 5.56 Å². The van der Waals surface area contributed by atoms with Crippen molar-refractivity contribution in [1.82, 2.24) is 9.97 Å². The first-order valence-corrected chi connectivity index (χ1v) is 9.07. The number of nitrogens with one attached hydrogen (secondary N) is 2. The fourth-order valence-electron chi connectivity index (χ4n) is 2.79. The molecule has 30 heavy (non-hydrogen) atoms. The quantitative estimate of drug-likeness (QED) is 0.455. The summed E-state index contributed by atoms with van der Waals surface area (Å²) in [6, 6.07) is 10.4. The molecule has 0 saturated carbocycles. The number of aromatic amines is 1. The highest BCUT2D eigenvalue weighted by molar-refractivity contribution is 5.99. The number of aromatic nitrogens is 2. The van der Waals surface area contributed by atoms with Crippen LogP contribution in [-0.2, 0) is 20.7 Å². The Balaban J connectivity index is 1.55. The summed E-state index contributed by atoms with van der Waals surface area (Å²) < 4.78 is 19.0. The zero-order chi connectivity index (χ0) is 21.7. The van der Waals surface area contributed by atoms with E-state index in [2.05, 4.69) is 15.3 Å². The first-order chi connectivity index (χ1) is 14.3. The van der Waals surface area contributed by atoms with Gasteiger partial charge in [-0.15, -0.1) is 0 Å². The van der Waals surface area contributed by atoms with Crippen LogP contribution in [0.15, 0.2) is 47.3 Å². The van der Waals surface area contributed by atoms with E-state index in [0.29, 0.717) is 16.7 Å². The van der Waals surface area contributed by atoms with Crippen LogP contribution in [0.5, 0.6) is 0 Å². The number of nitrogens with zero attached hydrogens (tertiary/aromatic N) is 1. The molecule has 2 aromatic carbocycles. The Morgan fingerprint density at radius 2 is 1.93 bits per heavy atom. The van der Waals surface area contributed by atoms with Gasteiger partial charge in [0, 0.05) is 19.0 Å². The van der Waals surface area contributed by atoms with Gasteiger partial charge in [0.15, 0.2) is 6.61 Å². The van der Waals surface area contributed by atoms with Crippen LogP contribution in [0.3, 0.4) is 0 Å². The zero-order valence-corrected chi connectivity index (χ0v) is 16.0. The summed E-state index contributed by atoms with van der Waals surface area (Å²) in [7, 11) is 0. The number of para-hydroxylation sites is 1. The highest BCUT2D eigenvalue weighted by Gasteiger charge is 2.15. The fraction of sp³-hybridized carbons (Fsp3) is 0.190. The highest BCUT2D eigenvalue weighted by Crippen LogP contribution is 2.15. The summed E-state index contributed by atoms with van der Waals surface area (Å²) >= 11 is 0. The van der Waals surface area contributed by atoms with E-state index in [-0.39, 0.29) is 35.6 Å². The lowest BCUT2D eigenvalue weighted by Gasteiger charge is -2.07. The van der Waals surface area contributed by atoms with Crippen LogP contribution in [0.25, 0.3) is 10.9 Å². The number of amides is 1. The van der Waals surface area contributed by atoms with Crippen LogP contribution in [0, 0.1) is 5.82 Å². The summed E-state index contributed by atoms with van der Waals surface area (Å²) in [6.07, 6.45) is 0.00534. The number of anilines is 1. The fourth-order valence-corrected chi connectivity index (χ4v) is 2.79. The molecule has 1 aromatic heterocycles. The highest BCUT2D eigenvalue weighted by atomic mass is 19.1. The van der Waals surface area contributed by atoms with Crippen molar-refractivity contribution in [3.05, 3.63) is 70.0 Å². The minimum Gasteiger partial charge on any atom is -0.457 e. The number of fused-ring (bicyclic) bond motifs is 1. The van der Waals surface area contributed by atoms with E-state index in [0.717, 1.165) is 6.07 Å². The number of ketones is 1. The molecular weight excluding hydrogens is 393 g/mol. The van der Waals surface area contributed by atoms with E-state index in [1.807, 2.05) is 0 Å². The van der Waals surface area contributed by atoms with Gasteiger partial charge in [0.1, 0.15) is 11.6 Å². The molecule has 3 rings (SSSR count). The van der Waals surface area contributed by atoms with E-state index >= 15 is 0 Å². The van der Waals surface area contributed by atoms with E-state index in [9.17, 15) is 23.6 Å². The van der Waals surface area contributed by atoms with Gasteiger partial charge in [0.2, 0.25) is 11.7 Å². The Labute approximate surface area is 170 Å². The number of aryl methyl sites for hydroxylation is 1. The molecule has 1 amide bonds. The standard InChI is InChI=1S/C21H18FN3O5/c1-12(26)23-13-6-7-14(16(22)10-13)18(27)11-30-20(28)9-8-19-24-17-5-3-2-4-15(17)21(29)25-19/h2-7,10H,8-9,11H2,1H3,(H,23,26)(H,24,25,29). The van der Waals surface area contributed by atoms with Gasteiger partial charge in [-0.2, -0.15) is 0 Å². The van der Waals surface area contributed by atoms with Gasteiger partial charge in [-0.3, -0.25) is 19.2 Å². The van der Waals surface area contributed by atoms with Gasteiger partial charge >= 0.3 is 5.97 Å². The summed E-state index contributed by atoms with van der Waals surface area (Å²) in [5, 5.41) is 2.85. The SMILES string of the molecule is CC(=O)Nc1ccc(C(=O)COC(=O)CCc2nc3ccccc3c(=O)[nH]2)c(F)c1. The van der Waals surface area contributed by atoms with Crippen molar-refractivity contribution < 1.29 is 23.5 Å². The summed E-state index contributed by atoms with van der Waals surface area (Å²) in [4.78, 5) is 53.9. The number of halogens is 1. The number of benzene rings is 2. The minimum absolute atomic E-state index is 0.113. The molecule has 0 radical (unpaired) electrons. The van der Waals surface area contributed by atoms with E-state index in [1.165, 1.54) is 19.1 Å². The molecule has 1 heterocycles. The maximum atomic E-state index is 14.1. The van der Waals surface area contributed by atoms with Gasteiger partial charge in [-0.1, -0.05) is 12.1 Å². The molecule has 0 unspecified atom stereocenters. The Bertz CT molecular complexity index is 1190. The van der Waals surface area contributed by atoms with Gasteiger partial charge in [-0.25, -0.2) is 9.37 Å². The molecule has 0 atom stereocenters. The minimum atomic E-state index is -0.833. The monoisotopic (exact) mass is 411 g/mol. The van der Waals surface area contributed by atoms with Crippen LogP contribution in [-0.4, -0.2) is 34.2 Å². The van der Waals surface area contributed by atoms with Gasteiger partial charge < -0.3 is 15.0 Å². The van der Waals surface area contributed by atoms with E-state index < -0.39 is 24.2 Å². The van der Waals surface area contributed by atoms with Crippen molar-refractivity contribution in [2.24, 2.45) is 0 Å². The van der Waals surface area contributed by atoms with E-state index in [4.69, 9.17) is 4.74 Å². The van der Waals surface area contributed by atoms with Crippen LogP contribution in [0.1, 0.15) is 29.5 Å². The molecule has 0 bridgehead atoms. The van der Waals surface area contributed by atoms with Crippen molar-refractivity contribution in [3.63, 3.8) is 0 Å². The summed E-state index contributed by atoms with van der Waals surface area (Å²) in [6.45, 7) is 0.649. The van der Waals surface area contributed by atoms with Crippen LogP contribution in [0.2, 0.25) is 0 Å². The first kappa shape index (κ1) is 20.8. The number of hydrogen-bond donors (Lipinski definition) is 2. The summed E-state index contributed by atoms with van der Waals surface area (Å²) in [5.41, 5.74) is 0.165. The molecule has 0 aliphatic rings. The molecule has 0 aliphatic heterocycles. The second-order valence-corrected chi connectivity index (χ2v) is 6.49. The molecule has 154 valence electrons. The Kier molecular flexibility index (Phi) is 6.31. The third-order valence-electron chi connectivity index (χ3n) is 4.18. The van der Waals surface area contributed by atoms with Gasteiger partial charge in [0.05, 0.1) is 22.9 Å². The Morgan fingerprint density at radius 1 is 1.17 bits per heavy atom. The predicted octanol–water partition coefficient (Wildman–Crippen LogP) is 2.38. The first-order valence-electron chi connectivity index (χ1n) is 9.07. The zero-order valence-electron chi connectivity index (χ0n) is 16.0. The molecule has 0 spiro atoms. The van der Waals surface area contributed by atoms with Crippen molar-refractivity contribution in [3.8, 4) is 0 Å². The lowest BCUT2D eigenvalue weighted by molar-refractivity contribution is -0.142. The molecule has 2 N–H and O–H groups in total. The summed E-state index contributed by atoms with van der Waals surface area (Å²) in [5.74, 6) is -2.28. The van der Waals surface area contributed by atoms with Crippen molar-refractivity contribution in [1.29, 1.82) is 0 Å². The van der Waals surface area contributed by atoms with Crippen LogP contribution in [0.4, 0.5) is 10.1 Å². The Hall–Kier alpha value is -3.88. The molecule has 8 nitrogen and oxygen atoms in total. The number of hydrogen-bond acceptors (Lipinski definition) is 6. The number of Topliss-reactive ketones (excluding diaryl/α,β-unsaturated/α-hetero) is 1. The smallest absolute Gasteiger partial charge is 0.306 e. The second-order valence-electron chi connectivity index (χ2n) is 6.49. The Morgan fingerprint density at radius 3 is 2.67 bits per heavy atom. The molecule has 0 aliphatic carbocycles. The topological polar surface area (TPSA) is 118 Å². The number of rotatable bonds is 7. The third-order valence-corrected chi connectivity index (χ3v) is 4.18. The number of esters is 1.